The molecule has 78 valence electrons. The van der Waals surface area contributed by atoms with Gasteiger partial charge in [-0.1, -0.05) is 18.5 Å². The lowest BCUT2D eigenvalue weighted by Crippen LogP contribution is -2.25. The van der Waals surface area contributed by atoms with E-state index >= 15 is 0 Å². The lowest BCUT2D eigenvalue weighted by molar-refractivity contribution is 0.503. The molecular weight excluding hydrogens is 214 g/mol. The summed E-state index contributed by atoms with van der Waals surface area (Å²) in [5.41, 5.74) is 1.25. The van der Waals surface area contributed by atoms with Crippen LogP contribution in [0, 0.1) is 5.92 Å². The van der Waals surface area contributed by atoms with Crippen LogP contribution >= 0.6 is 22.9 Å². The molecule has 0 amide bonds. The molecule has 0 bridgehead atoms. The Balaban J connectivity index is 1.80. The maximum atomic E-state index is 6.03. The van der Waals surface area contributed by atoms with Crippen LogP contribution in [0.15, 0.2) is 11.4 Å². The molecule has 0 aromatic carbocycles. The first-order valence-electron chi connectivity index (χ1n) is 5.21. The van der Waals surface area contributed by atoms with Gasteiger partial charge < -0.3 is 5.32 Å². The number of nitrogens with one attached hydrogen (secondary N) is 1. The van der Waals surface area contributed by atoms with Crippen molar-refractivity contribution in [2.75, 3.05) is 0 Å². The zero-order chi connectivity index (χ0) is 9.97. The van der Waals surface area contributed by atoms with Gasteiger partial charge in [0.25, 0.3) is 0 Å². The highest BCUT2D eigenvalue weighted by atomic mass is 35.5. The average molecular weight is 230 g/mol. The summed E-state index contributed by atoms with van der Waals surface area (Å²) < 4.78 is 0.934. The van der Waals surface area contributed by atoms with E-state index in [9.17, 15) is 0 Å². The number of hydrogen-bond donors (Lipinski definition) is 1. The molecule has 1 aliphatic rings. The Morgan fingerprint density at radius 3 is 3.00 bits per heavy atom. The van der Waals surface area contributed by atoms with Gasteiger partial charge in [0.1, 0.15) is 0 Å². The fourth-order valence-corrected chi connectivity index (χ4v) is 3.02. The van der Waals surface area contributed by atoms with Gasteiger partial charge in [0.15, 0.2) is 0 Å². The molecule has 1 aromatic rings. The second kappa shape index (κ2) is 4.65. The third-order valence-corrected chi connectivity index (χ3v) is 4.22. The largest absolute Gasteiger partial charge is 0.310 e. The summed E-state index contributed by atoms with van der Waals surface area (Å²) in [5, 5.41) is 5.63. The van der Waals surface area contributed by atoms with Crippen LogP contribution < -0.4 is 5.32 Å². The maximum Gasteiger partial charge on any atom is 0.0973 e. The van der Waals surface area contributed by atoms with E-state index in [1.165, 1.54) is 24.8 Å². The van der Waals surface area contributed by atoms with Gasteiger partial charge >= 0.3 is 0 Å². The van der Waals surface area contributed by atoms with Crippen molar-refractivity contribution in [3.63, 3.8) is 0 Å². The summed E-state index contributed by atoms with van der Waals surface area (Å²) in [6.45, 7) is 3.26. The Morgan fingerprint density at radius 2 is 2.43 bits per heavy atom. The zero-order valence-corrected chi connectivity index (χ0v) is 10.00. The van der Waals surface area contributed by atoms with E-state index in [0.717, 1.165) is 16.8 Å². The summed E-state index contributed by atoms with van der Waals surface area (Å²) in [6.07, 6.45) is 4.01. The first-order valence-corrected chi connectivity index (χ1v) is 6.46. The minimum absolute atomic E-state index is 0.709. The minimum Gasteiger partial charge on any atom is -0.310 e. The van der Waals surface area contributed by atoms with E-state index in [1.807, 2.05) is 0 Å². The van der Waals surface area contributed by atoms with Crippen LogP contribution in [0.3, 0.4) is 0 Å². The summed E-state index contributed by atoms with van der Waals surface area (Å²) >= 11 is 7.65. The highest BCUT2D eigenvalue weighted by Crippen LogP contribution is 2.26. The van der Waals surface area contributed by atoms with E-state index < -0.39 is 0 Å². The summed E-state index contributed by atoms with van der Waals surface area (Å²) in [5.74, 6) is 0.894. The number of thiophene rings is 1. The van der Waals surface area contributed by atoms with E-state index in [2.05, 4.69) is 23.7 Å². The highest BCUT2D eigenvalue weighted by molar-refractivity contribution is 7.14. The standard InChI is InChI=1S/C11H16ClNS/c1-8-2-3-10(6-8)13-7-9-4-5-14-11(9)12/h4-5,8,10,13H,2-3,6-7H2,1H3. The summed E-state index contributed by atoms with van der Waals surface area (Å²) in [6, 6.07) is 2.82. The van der Waals surface area contributed by atoms with Crippen molar-refractivity contribution >= 4 is 22.9 Å². The fraction of sp³-hybridized carbons (Fsp3) is 0.636. The van der Waals surface area contributed by atoms with E-state index in [-0.39, 0.29) is 0 Å². The van der Waals surface area contributed by atoms with Crippen LogP contribution in [0.5, 0.6) is 0 Å². The molecule has 1 heterocycles. The Hall–Kier alpha value is -0.0500. The molecule has 0 saturated heterocycles. The lowest BCUT2D eigenvalue weighted by Gasteiger charge is -2.11. The predicted octanol–water partition coefficient (Wildman–Crippen LogP) is 3.68. The molecule has 2 atom stereocenters. The van der Waals surface area contributed by atoms with Crippen LogP contribution in [-0.4, -0.2) is 6.04 Å². The Labute approximate surface area is 94.5 Å². The first-order chi connectivity index (χ1) is 6.75. The molecule has 1 fully saturated rings. The lowest BCUT2D eigenvalue weighted by atomic mass is 10.1. The van der Waals surface area contributed by atoms with Gasteiger partial charge in [-0.15, -0.1) is 11.3 Å². The Morgan fingerprint density at radius 1 is 1.57 bits per heavy atom. The molecule has 1 aromatic heterocycles. The van der Waals surface area contributed by atoms with Crippen molar-refractivity contribution in [2.24, 2.45) is 5.92 Å². The van der Waals surface area contributed by atoms with E-state index in [1.54, 1.807) is 11.3 Å². The van der Waals surface area contributed by atoms with Crippen LogP contribution in [0.25, 0.3) is 0 Å². The zero-order valence-electron chi connectivity index (χ0n) is 8.42. The molecule has 1 saturated carbocycles. The molecule has 0 radical (unpaired) electrons. The maximum absolute atomic E-state index is 6.03. The highest BCUT2D eigenvalue weighted by Gasteiger charge is 2.20. The first kappa shape index (κ1) is 10.5. The SMILES string of the molecule is CC1CCC(NCc2ccsc2Cl)C1. The predicted molar refractivity (Wildman–Crippen MR) is 63.0 cm³/mol. The molecule has 0 spiro atoms. The normalized spacial score (nSPS) is 27.0. The monoisotopic (exact) mass is 229 g/mol. The minimum atomic E-state index is 0.709. The smallest absolute Gasteiger partial charge is 0.0973 e. The van der Waals surface area contributed by atoms with Gasteiger partial charge in [0, 0.05) is 12.6 Å². The molecule has 3 heteroatoms. The second-order valence-electron chi connectivity index (χ2n) is 4.22. The van der Waals surface area contributed by atoms with Crippen molar-refractivity contribution in [2.45, 2.75) is 38.8 Å². The van der Waals surface area contributed by atoms with Crippen molar-refractivity contribution in [1.29, 1.82) is 0 Å². The molecule has 1 aliphatic carbocycles. The number of halogens is 1. The molecule has 2 unspecified atom stereocenters. The Kier molecular flexibility index (Phi) is 3.47. The molecule has 1 nitrogen and oxygen atoms in total. The summed E-state index contributed by atoms with van der Waals surface area (Å²) in [4.78, 5) is 0. The van der Waals surface area contributed by atoms with E-state index in [4.69, 9.17) is 11.6 Å². The number of rotatable bonds is 3. The van der Waals surface area contributed by atoms with Crippen molar-refractivity contribution < 1.29 is 0 Å². The molecule has 1 N–H and O–H groups in total. The van der Waals surface area contributed by atoms with Gasteiger partial charge in [0.05, 0.1) is 4.34 Å². The Bertz CT molecular complexity index is 297. The quantitative estimate of drug-likeness (QED) is 0.834. The molecule has 0 aliphatic heterocycles. The van der Waals surface area contributed by atoms with Gasteiger partial charge in [-0.05, 0) is 42.2 Å². The van der Waals surface area contributed by atoms with Gasteiger partial charge in [-0.2, -0.15) is 0 Å². The van der Waals surface area contributed by atoms with Gasteiger partial charge in [-0.3, -0.25) is 0 Å². The van der Waals surface area contributed by atoms with Crippen LogP contribution in [0.1, 0.15) is 31.7 Å². The summed E-state index contributed by atoms with van der Waals surface area (Å²) in [7, 11) is 0. The van der Waals surface area contributed by atoms with Crippen molar-refractivity contribution in [3.05, 3.63) is 21.3 Å². The number of hydrogen-bond acceptors (Lipinski definition) is 2. The molecule has 14 heavy (non-hydrogen) atoms. The van der Waals surface area contributed by atoms with Gasteiger partial charge in [0.2, 0.25) is 0 Å². The van der Waals surface area contributed by atoms with Crippen LogP contribution in [0.4, 0.5) is 0 Å². The van der Waals surface area contributed by atoms with Crippen molar-refractivity contribution in [1.82, 2.24) is 5.32 Å². The molecule has 2 rings (SSSR count). The van der Waals surface area contributed by atoms with E-state index in [0.29, 0.717) is 6.04 Å². The third kappa shape index (κ3) is 2.50. The molecular formula is C11H16ClNS. The van der Waals surface area contributed by atoms with Crippen LogP contribution in [0.2, 0.25) is 4.34 Å². The third-order valence-electron chi connectivity index (χ3n) is 2.97. The fourth-order valence-electron chi connectivity index (χ4n) is 2.09. The second-order valence-corrected chi connectivity index (χ2v) is 5.73. The van der Waals surface area contributed by atoms with Gasteiger partial charge in [-0.25, -0.2) is 0 Å². The van der Waals surface area contributed by atoms with Crippen molar-refractivity contribution in [3.8, 4) is 0 Å². The van der Waals surface area contributed by atoms with Crippen LogP contribution in [-0.2, 0) is 6.54 Å². The topological polar surface area (TPSA) is 12.0 Å². The average Bonchev–Trinajstić information content (AvgIpc) is 2.72.